The SMILES string of the molecule is COc1ccc(C(C)NCc2ccc(Cl)c(Cl)c2)cc1. The van der Waals surface area contributed by atoms with Gasteiger partial charge in [0.2, 0.25) is 0 Å². The highest BCUT2D eigenvalue weighted by molar-refractivity contribution is 6.42. The molecule has 4 heteroatoms. The zero-order chi connectivity index (χ0) is 14.5. The molecular formula is C16H17Cl2NO. The van der Waals surface area contributed by atoms with E-state index in [9.17, 15) is 0 Å². The van der Waals surface area contributed by atoms with Crippen LogP contribution in [0.2, 0.25) is 10.0 Å². The summed E-state index contributed by atoms with van der Waals surface area (Å²) in [5.74, 6) is 0.866. The van der Waals surface area contributed by atoms with Crippen LogP contribution in [0.5, 0.6) is 5.75 Å². The maximum absolute atomic E-state index is 6.01. The summed E-state index contributed by atoms with van der Waals surface area (Å²) in [5.41, 5.74) is 2.32. The van der Waals surface area contributed by atoms with Crippen molar-refractivity contribution in [1.82, 2.24) is 5.32 Å². The van der Waals surface area contributed by atoms with Crippen molar-refractivity contribution in [2.45, 2.75) is 19.5 Å². The van der Waals surface area contributed by atoms with Crippen LogP contribution in [0.15, 0.2) is 42.5 Å². The summed E-state index contributed by atoms with van der Waals surface area (Å²) in [7, 11) is 1.67. The highest BCUT2D eigenvalue weighted by Crippen LogP contribution is 2.23. The molecule has 2 rings (SSSR count). The standard InChI is InChI=1S/C16H17Cl2NO/c1-11(13-4-6-14(20-2)7-5-13)19-10-12-3-8-15(17)16(18)9-12/h3-9,11,19H,10H2,1-2H3. The number of hydrogen-bond acceptors (Lipinski definition) is 2. The fraction of sp³-hybridized carbons (Fsp3) is 0.250. The highest BCUT2D eigenvalue weighted by atomic mass is 35.5. The average Bonchev–Trinajstić information content (AvgIpc) is 2.48. The molecule has 0 fully saturated rings. The topological polar surface area (TPSA) is 21.3 Å². The van der Waals surface area contributed by atoms with Crippen molar-refractivity contribution in [2.24, 2.45) is 0 Å². The lowest BCUT2D eigenvalue weighted by atomic mass is 10.1. The Hall–Kier alpha value is -1.22. The average molecular weight is 310 g/mol. The Morgan fingerprint density at radius 3 is 2.35 bits per heavy atom. The zero-order valence-corrected chi connectivity index (χ0v) is 13.0. The molecule has 2 aromatic rings. The molecule has 0 aromatic heterocycles. The lowest BCUT2D eigenvalue weighted by Gasteiger charge is -2.15. The van der Waals surface area contributed by atoms with Crippen LogP contribution >= 0.6 is 23.2 Å². The first-order valence-corrected chi connectivity index (χ1v) is 7.17. The number of rotatable bonds is 5. The van der Waals surface area contributed by atoms with Gasteiger partial charge >= 0.3 is 0 Å². The van der Waals surface area contributed by atoms with Crippen molar-refractivity contribution in [2.75, 3.05) is 7.11 Å². The molecule has 0 spiro atoms. The number of benzene rings is 2. The minimum atomic E-state index is 0.246. The molecular weight excluding hydrogens is 293 g/mol. The van der Waals surface area contributed by atoms with Gasteiger partial charge in [-0.3, -0.25) is 0 Å². The lowest BCUT2D eigenvalue weighted by molar-refractivity contribution is 0.414. The molecule has 0 bridgehead atoms. The minimum Gasteiger partial charge on any atom is -0.497 e. The van der Waals surface area contributed by atoms with E-state index in [1.165, 1.54) is 5.56 Å². The Morgan fingerprint density at radius 1 is 1.05 bits per heavy atom. The van der Waals surface area contributed by atoms with Crippen LogP contribution in [-0.2, 0) is 6.54 Å². The summed E-state index contributed by atoms with van der Waals surface area (Å²) < 4.78 is 5.16. The molecule has 1 unspecified atom stereocenters. The Kier molecular flexibility index (Phi) is 5.30. The van der Waals surface area contributed by atoms with E-state index in [2.05, 4.69) is 24.4 Å². The second-order valence-corrected chi connectivity index (χ2v) is 5.44. The molecule has 1 atom stereocenters. The third-order valence-corrected chi connectivity index (χ3v) is 3.95. The van der Waals surface area contributed by atoms with Crippen LogP contribution in [-0.4, -0.2) is 7.11 Å². The number of halogens is 2. The van der Waals surface area contributed by atoms with Gasteiger partial charge in [0.05, 0.1) is 17.2 Å². The lowest BCUT2D eigenvalue weighted by Crippen LogP contribution is -2.18. The molecule has 0 aliphatic rings. The van der Waals surface area contributed by atoms with Gasteiger partial charge in [-0.1, -0.05) is 41.4 Å². The second-order valence-electron chi connectivity index (χ2n) is 4.62. The van der Waals surface area contributed by atoms with E-state index in [1.54, 1.807) is 7.11 Å². The van der Waals surface area contributed by atoms with Gasteiger partial charge in [0.1, 0.15) is 5.75 Å². The van der Waals surface area contributed by atoms with Crippen LogP contribution in [0.25, 0.3) is 0 Å². The van der Waals surface area contributed by atoms with Crippen LogP contribution in [0, 0.1) is 0 Å². The molecule has 1 N–H and O–H groups in total. The molecule has 0 aliphatic heterocycles. The third-order valence-electron chi connectivity index (χ3n) is 3.21. The predicted molar refractivity (Wildman–Crippen MR) is 84.7 cm³/mol. The van der Waals surface area contributed by atoms with Crippen LogP contribution in [0.4, 0.5) is 0 Å². The molecule has 0 amide bonds. The Labute approximate surface area is 129 Å². The molecule has 2 nitrogen and oxygen atoms in total. The summed E-state index contributed by atoms with van der Waals surface area (Å²) in [6.45, 7) is 2.86. The molecule has 0 saturated carbocycles. The van der Waals surface area contributed by atoms with Gasteiger partial charge in [0.15, 0.2) is 0 Å². The number of nitrogens with one attached hydrogen (secondary N) is 1. The summed E-state index contributed by atoms with van der Waals surface area (Å²) in [6, 6.07) is 14.0. The summed E-state index contributed by atoms with van der Waals surface area (Å²) in [4.78, 5) is 0. The smallest absolute Gasteiger partial charge is 0.118 e. The van der Waals surface area contributed by atoms with Crippen molar-refractivity contribution in [1.29, 1.82) is 0 Å². The monoisotopic (exact) mass is 309 g/mol. The van der Waals surface area contributed by atoms with Gasteiger partial charge < -0.3 is 10.1 Å². The highest BCUT2D eigenvalue weighted by Gasteiger charge is 2.06. The molecule has 2 aromatic carbocycles. The van der Waals surface area contributed by atoms with E-state index in [4.69, 9.17) is 27.9 Å². The van der Waals surface area contributed by atoms with Crippen LogP contribution < -0.4 is 10.1 Å². The minimum absolute atomic E-state index is 0.246. The van der Waals surface area contributed by atoms with Gasteiger partial charge in [-0.15, -0.1) is 0 Å². The molecule has 0 saturated heterocycles. The van der Waals surface area contributed by atoms with Gasteiger partial charge in [-0.05, 0) is 42.3 Å². The van der Waals surface area contributed by atoms with Crippen LogP contribution in [0.3, 0.4) is 0 Å². The Balaban J connectivity index is 1.96. The van der Waals surface area contributed by atoms with E-state index >= 15 is 0 Å². The van der Waals surface area contributed by atoms with E-state index in [-0.39, 0.29) is 6.04 Å². The summed E-state index contributed by atoms with van der Waals surface area (Å²) in [5, 5.41) is 4.63. The number of methoxy groups -OCH3 is 1. The van der Waals surface area contributed by atoms with Crippen LogP contribution in [0.1, 0.15) is 24.1 Å². The van der Waals surface area contributed by atoms with E-state index < -0.39 is 0 Å². The maximum atomic E-state index is 6.01. The van der Waals surface area contributed by atoms with Gasteiger partial charge in [-0.25, -0.2) is 0 Å². The van der Waals surface area contributed by atoms with Crippen molar-refractivity contribution in [3.63, 3.8) is 0 Å². The summed E-state index contributed by atoms with van der Waals surface area (Å²) >= 11 is 11.9. The van der Waals surface area contributed by atoms with E-state index in [0.29, 0.717) is 10.0 Å². The fourth-order valence-electron chi connectivity index (χ4n) is 1.93. The summed E-state index contributed by atoms with van der Waals surface area (Å²) in [6.07, 6.45) is 0. The first-order chi connectivity index (χ1) is 9.60. The van der Waals surface area contributed by atoms with Gasteiger partial charge in [0, 0.05) is 12.6 Å². The zero-order valence-electron chi connectivity index (χ0n) is 11.5. The van der Waals surface area contributed by atoms with Crippen molar-refractivity contribution in [3.8, 4) is 5.75 Å². The predicted octanol–water partition coefficient (Wildman–Crippen LogP) is 4.85. The van der Waals surface area contributed by atoms with Crippen molar-refractivity contribution >= 4 is 23.2 Å². The normalized spacial score (nSPS) is 12.2. The Morgan fingerprint density at radius 2 is 1.75 bits per heavy atom. The largest absolute Gasteiger partial charge is 0.497 e. The number of ether oxygens (including phenoxy) is 1. The number of hydrogen-bond donors (Lipinski definition) is 1. The molecule has 0 aliphatic carbocycles. The third kappa shape index (κ3) is 3.89. The second kappa shape index (κ2) is 6.98. The fourth-order valence-corrected chi connectivity index (χ4v) is 2.25. The van der Waals surface area contributed by atoms with Gasteiger partial charge in [-0.2, -0.15) is 0 Å². The van der Waals surface area contributed by atoms with E-state index in [0.717, 1.165) is 17.9 Å². The van der Waals surface area contributed by atoms with Crippen molar-refractivity contribution in [3.05, 3.63) is 63.6 Å². The Bertz CT molecular complexity index is 569. The molecule has 106 valence electrons. The molecule has 0 heterocycles. The quantitative estimate of drug-likeness (QED) is 0.852. The first kappa shape index (κ1) is 15.2. The van der Waals surface area contributed by atoms with Crippen molar-refractivity contribution < 1.29 is 4.74 Å². The van der Waals surface area contributed by atoms with Gasteiger partial charge in [0.25, 0.3) is 0 Å². The maximum Gasteiger partial charge on any atom is 0.118 e. The molecule has 20 heavy (non-hydrogen) atoms. The van der Waals surface area contributed by atoms with E-state index in [1.807, 2.05) is 30.3 Å². The molecule has 0 radical (unpaired) electrons. The first-order valence-electron chi connectivity index (χ1n) is 6.41.